The number of aromatic nitrogens is 1. The van der Waals surface area contributed by atoms with Gasteiger partial charge >= 0.3 is 0 Å². The summed E-state index contributed by atoms with van der Waals surface area (Å²) in [6.45, 7) is 0. The molecule has 0 bridgehead atoms. The Morgan fingerprint density at radius 2 is 1.68 bits per heavy atom. The van der Waals surface area contributed by atoms with Crippen molar-refractivity contribution >= 4 is 34.3 Å². The van der Waals surface area contributed by atoms with Crippen molar-refractivity contribution in [2.45, 2.75) is 10.6 Å². The standard InChI is InChI=1S/C16H12ClNS/c17-13-6-9-15(10-7-13)19-11-14-8-5-12-3-1-2-4-16(12)18-14/h1-10H,11H2. The van der Waals surface area contributed by atoms with E-state index in [9.17, 15) is 0 Å². The van der Waals surface area contributed by atoms with Crippen molar-refractivity contribution in [1.29, 1.82) is 0 Å². The number of benzene rings is 2. The monoisotopic (exact) mass is 285 g/mol. The van der Waals surface area contributed by atoms with E-state index in [1.54, 1.807) is 11.8 Å². The van der Waals surface area contributed by atoms with Crippen LogP contribution in [0.3, 0.4) is 0 Å². The fraction of sp³-hybridized carbons (Fsp3) is 0.0625. The van der Waals surface area contributed by atoms with Crippen LogP contribution in [0, 0.1) is 0 Å². The molecule has 0 radical (unpaired) electrons. The summed E-state index contributed by atoms with van der Waals surface area (Å²) in [5.74, 6) is 0.868. The molecule has 2 aromatic carbocycles. The molecule has 0 N–H and O–H groups in total. The van der Waals surface area contributed by atoms with E-state index in [4.69, 9.17) is 11.6 Å². The Balaban J connectivity index is 1.76. The Morgan fingerprint density at radius 3 is 2.53 bits per heavy atom. The normalized spacial score (nSPS) is 10.8. The molecule has 3 aromatic rings. The van der Waals surface area contributed by atoms with Gasteiger partial charge in [-0.25, -0.2) is 0 Å². The predicted octanol–water partition coefficient (Wildman–Crippen LogP) is 5.18. The molecule has 1 nitrogen and oxygen atoms in total. The number of nitrogens with zero attached hydrogens (tertiary/aromatic N) is 1. The van der Waals surface area contributed by atoms with Crippen molar-refractivity contribution in [3.63, 3.8) is 0 Å². The predicted molar refractivity (Wildman–Crippen MR) is 82.8 cm³/mol. The molecule has 0 spiro atoms. The zero-order valence-electron chi connectivity index (χ0n) is 10.2. The highest BCUT2D eigenvalue weighted by molar-refractivity contribution is 7.98. The highest BCUT2D eigenvalue weighted by Gasteiger charge is 2.00. The van der Waals surface area contributed by atoms with Crippen molar-refractivity contribution in [2.24, 2.45) is 0 Å². The van der Waals surface area contributed by atoms with Crippen molar-refractivity contribution in [3.8, 4) is 0 Å². The van der Waals surface area contributed by atoms with E-state index in [0.717, 1.165) is 22.0 Å². The molecule has 0 aliphatic rings. The number of para-hydroxylation sites is 1. The molecular weight excluding hydrogens is 274 g/mol. The summed E-state index contributed by atoms with van der Waals surface area (Å²) in [6, 6.07) is 20.3. The Labute approximate surface area is 121 Å². The lowest BCUT2D eigenvalue weighted by molar-refractivity contribution is 1.22. The molecule has 19 heavy (non-hydrogen) atoms. The van der Waals surface area contributed by atoms with E-state index in [-0.39, 0.29) is 0 Å². The summed E-state index contributed by atoms with van der Waals surface area (Å²) in [4.78, 5) is 5.87. The number of pyridine rings is 1. The second-order valence-electron chi connectivity index (χ2n) is 4.24. The quantitative estimate of drug-likeness (QED) is 0.615. The maximum atomic E-state index is 5.87. The van der Waals surface area contributed by atoms with Crippen molar-refractivity contribution in [2.75, 3.05) is 0 Å². The summed E-state index contributed by atoms with van der Waals surface area (Å²) in [5, 5.41) is 1.95. The molecule has 0 amide bonds. The van der Waals surface area contributed by atoms with Crippen molar-refractivity contribution in [3.05, 3.63) is 71.4 Å². The number of thioether (sulfide) groups is 1. The maximum absolute atomic E-state index is 5.87. The van der Waals surface area contributed by atoms with Crippen LogP contribution in [0.5, 0.6) is 0 Å². The third-order valence-corrected chi connectivity index (χ3v) is 4.15. The van der Waals surface area contributed by atoms with Crippen LogP contribution in [0.25, 0.3) is 10.9 Å². The van der Waals surface area contributed by atoms with Gasteiger partial charge < -0.3 is 0 Å². The van der Waals surface area contributed by atoms with Crippen LogP contribution in [0.4, 0.5) is 0 Å². The maximum Gasteiger partial charge on any atom is 0.0705 e. The van der Waals surface area contributed by atoms with Crippen LogP contribution in [-0.4, -0.2) is 4.98 Å². The molecule has 0 saturated carbocycles. The van der Waals surface area contributed by atoms with Gasteiger partial charge in [-0.1, -0.05) is 35.9 Å². The van der Waals surface area contributed by atoms with Gasteiger partial charge in [0, 0.05) is 21.1 Å². The first-order valence-corrected chi connectivity index (χ1v) is 7.41. The van der Waals surface area contributed by atoms with Gasteiger partial charge in [-0.3, -0.25) is 4.98 Å². The summed E-state index contributed by atoms with van der Waals surface area (Å²) in [7, 11) is 0. The van der Waals surface area contributed by atoms with Gasteiger partial charge in [-0.2, -0.15) is 0 Å². The lowest BCUT2D eigenvalue weighted by Crippen LogP contribution is -1.87. The van der Waals surface area contributed by atoms with Crippen LogP contribution in [0.2, 0.25) is 5.02 Å². The molecular formula is C16H12ClNS. The topological polar surface area (TPSA) is 12.9 Å². The smallest absolute Gasteiger partial charge is 0.0705 e. The van der Waals surface area contributed by atoms with E-state index in [2.05, 4.69) is 23.2 Å². The second kappa shape index (κ2) is 5.64. The molecule has 1 aromatic heterocycles. The number of rotatable bonds is 3. The Morgan fingerprint density at radius 1 is 0.895 bits per heavy atom. The summed E-state index contributed by atoms with van der Waals surface area (Å²) < 4.78 is 0. The minimum absolute atomic E-state index is 0.771. The van der Waals surface area contributed by atoms with Gasteiger partial charge in [0.1, 0.15) is 0 Å². The van der Waals surface area contributed by atoms with Crippen LogP contribution in [0.1, 0.15) is 5.69 Å². The average Bonchev–Trinajstić information content (AvgIpc) is 2.46. The zero-order valence-corrected chi connectivity index (χ0v) is 11.8. The zero-order chi connectivity index (χ0) is 13.1. The van der Waals surface area contributed by atoms with Crippen molar-refractivity contribution in [1.82, 2.24) is 4.98 Å². The summed E-state index contributed by atoms with van der Waals surface area (Å²) in [5.41, 5.74) is 2.15. The van der Waals surface area contributed by atoms with Gasteiger partial charge in [-0.15, -0.1) is 11.8 Å². The lowest BCUT2D eigenvalue weighted by Gasteiger charge is -2.03. The molecule has 3 rings (SSSR count). The molecule has 0 aliphatic heterocycles. The number of hydrogen-bond donors (Lipinski definition) is 0. The van der Waals surface area contributed by atoms with Gasteiger partial charge in [-0.05, 0) is 36.4 Å². The van der Waals surface area contributed by atoms with Gasteiger partial charge in [0.05, 0.1) is 11.2 Å². The van der Waals surface area contributed by atoms with Gasteiger partial charge in [0.2, 0.25) is 0 Å². The Kier molecular flexibility index (Phi) is 3.72. The first-order valence-electron chi connectivity index (χ1n) is 6.04. The summed E-state index contributed by atoms with van der Waals surface area (Å²) >= 11 is 7.64. The average molecular weight is 286 g/mol. The molecule has 3 heteroatoms. The first kappa shape index (κ1) is 12.5. The van der Waals surface area contributed by atoms with Crippen LogP contribution >= 0.6 is 23.4 Å². The second-order valence-corrected chi connectivity index (χ2v) is 5.72. The van der Waals surface area contributed by atoms with E-state index in [1.807, 2.05) is 42.5 Å². The molecule has 94 valence electrons. The SMILES string of the molecule is Clc1ccc(SCc2ccc3ccccc3n2)cc1. The van der Waals surface area contributed by atoms with Gasteiger partial charge in [0.15, 0.2) is 0 Å². The number of hydrogen-bond acceptors (Lipinski definition) is 2. The molecule has 1 heterocycles. The van der Waals surface area contributed by atoms with Gasteiger partial charge in [0.25, 0.3) is 0 Å². The third-order valence-electron chi connectivity index (χ3n) is 2.86. The van der Waals surface area contributed by atoms with E-state index in [0.29, 0.717) is 0 Å². The number of fused-ring (bicyclic) bond motifs is 1. The first-order chi connectivity index (χ1) is 9.31. The largest absolute Gasteiger partial charge is 0.252 e. The van der Waals surface area contributed by atoms with Crippen LogP contribution < -0.4 is 0 Å². The molecule has 0 fully saturated rings. The molecule has 0 atom stereocenters. The molecule has 0 saturated heterocycles. The van der Waals surface area contributed by atoms with Crippen LogP contribution in [-0.2, 0) is 5.75 Å². The fourth-order valence-corrected chi connectivity index (χ4v) is 2.81. The highest BCUT2D eigenvalue weighted by atomic mass is 35.5. The van der Waals surface area contributed by atoms with E-state index >= 15 is 0 Å². The minimum Gasteiger partial charge on any atom is -0.252 e. The van der Waals surface area contributed by atoms with E-state index < -0.39 is 0 Å². The summed E-state index contributed by atoms with van der Waals surface area (Å²) in [6.07, 6.45) is 0. The fourth-order valence-electron chi connectivity index (χ4n) is 1.88. The Bertz CT molecular complexity index is 694. The minimum atomic E-state index is 0.771. The molecule has 0 unspecified atom stereocenters. The van der Waals surface area contributed by atoms with Crippen LogP contribution in [0.15, 0.2) is 65.6 Å². The highest BCUT2D eigenvalue weighted by Crippen LogP contribution is 2.24. The number of halogens is 1. The third kappa shape index (κ3) is 3.09. The Hall–Kier alpha value is -1.51. The molecule has 0 aliphatic carbocycles. The van der Waals surface area contributed by atoms with Crippen molar-refractivity contribution < 1.29 is 0 Å². The van der Waals surface area contributed by atoms with E-state index in [1.165, 1.54) is 10.3 Å². The lowest BCUT2D eigenvalue weighted by atomic mass is 10.2.